The van der Waals surface area contributed by atoms with Crippen LogP contribution in [-0.2, 0) is 4.74 Å². The number of carbonyl (C=O) groups excluding carboxylic acids is 1. The van der Waals surface area contributed by atoms with Crippen LogP contribution in [0, 0.1) is 6.92 Å². The zero-order valence-electron chi connectivity index (χ0n) is 12.8. The molecule has 3 atom stereocenters. The highest BCUT2D eigenvalue weighted by atomic mass is 32.1. The van der Waals surface area contributed by atoms with Crippen LogP contribution in [0.4, 0.5) is 4.79 Å². The van der Waals surface area contributed by atoms with Crippen LogP contribution in [0.5, 0.6) is 0 Å². The van der Waals surface area contributed by atoms with E-state index in [1.807, 2.05) is 20.8 Å². The molecule has 112 valence electrons. The monoisotopic (exact) mass is 296 g/mol. The van der Waals surface area contributed by atoms with E-state index in [-0.39, 0.29) is 12.1 Å². The predicted octanol–water partition coefficient (Wildman–Crippen LogP) is 3.37. The van der Waals surface area contributed by atoms with E-state index in [1.54, 1.807) is 11.3 Å². The van der Waals surface area contributed by atoms with Crippen molar-refractivity contribution in [3.05, 3.63) is 21.9 Å². The molecule has 1 fully saturated rings. The molecule has 0 spiro atoms. The van der Waals surface area contributed by atoms with Gasteiger partial charge in [-0.25, -0.2) is 4.79 Å². The zero-order valence-corrected chi connectivity index (χ0v) is 13.6. The lowest BCUT2D eigenvalue weighted by atomic mass is 10.2. The molecule has 4 nitrogen and oxygen atoms in total. The molecule has 2 N–H and O–H groups in total. The molecular weight excluding hydrogens is 272 g/mol. The fraction of sp³-hybridized carbons (Fsp3) is 0.667. The Labute approximate surface area is 124 Å². The van der Waals surface area contributed by atoms with E-state index in [0.717, 1.165) is 6.42 Å². The lowest BCUT2D eigenvalue weighted by molar-refractivity contribution is 0.0522. The summed E-state index contributed by atoms with van der Waals surface area (Å²) >= 11 is 1.78. The third-order valence-corrected chi connectivity index (χ3v) is 4.45. The summed E-state index contributed by atoms with van der Waals surface area (Å²) in [6.45, 7) is 9.92. The average molecular weight is 296 g/mol. The molecule has 20 heavy (non-hydrogen) atoms. The van der Waals surface area contributed by atoms with Gasteiger partial charge in [0, 0.05) is 23.0 Å². The summed E-state index contributed by atoms with van der Waals surface area (Å²) in [6.07, 6.45) is 0.639. The molecule has 2 rings (SSSR count). The van der Waals surface area contributed by atoms with Crippen molar-refractivity contribution in [3.8, 4) is 0 Å². The molecule has 1 aromatic rings. The third-order valence-electron chi connectivity index (χ3n) is 3.25. The molecule has 1 aliphatic rings. The van der Waals surface area contributed by atoms with Crippen molar-refractivity contribution in [2.24, 2.45) is 0 Å². The van der Waals surface area contributed by atoms with Crippen LogP contribution in [0.1, 0.15) is 50.6 Å². The van der Waals surface area contributed by atoms with Crippen molar-refractivity contribution in [1.82, 2.24) is 10.6 Å². The summed E-state index contributed by atoms with van der Waals surface area (Å²) in [5.41, 5.74) is 0.885. The minimum Gasteiger partial charge on any atom is -0.444 e. The van der Waals surface area contributed by atoms with Gasteiger partial charge in [0.25, 0.3) is 0 Å². The minimum atomic E-state index is -0.441. The maximum atomic E-state index is 11.7. The molecule has 0 aliphatic heterocycles. The minimum absolute atomic E-state index is 0.188. The van der Waals surface area contributed by atoms with Crippen molar-refractivity contribution in [3.63, 3.8) is 0 Å². The van der Waals surface area contributed by atoms with Crippen LogP contribution in [0.3, 0.4) is 0 Å². The van der Waals surface area contributed by atoms with Gasteiger partial charge < -0.3 is 15.4 Å². The molecule has 1 amide bonds. The second kappa shape index (κ2) is 5.74. The van der Waals surface area contributed by atoms with Gasteiger partial charge in [0.2, 0.25) is 0 Å². The summed E-state index contributed by atoms with van der Waals surface area (Å²) in [4.78, 5) is 13.0. The molecule has 1 heterocycles. The van der Waals surface area contributed by atoms with Gasteiger partial charge in [0.05, 0.1) is 0 Å². The van der Waals surface area contributed by atoms with Crippen LogP contribution in [0.25, 0.3) is 0 Å². The quantitative estimate of drug-likeness (QED) is 0.895. The number of ether oxygens (including phenoxy) is 1. The first-order valence-corrected chi connectivity index (χ1v) is 7.94. The molecular formula is C15H24N2O2S. The maximum Gasteiger partial charge on any atom is 0.407 e. The van der Waals surface area contributed by atoms with Crippen molar-refractivity contribution in [1.29, 1.82) is 0 Å². The van der Waals surface area contributed by atoms with Gasteiger partial charge >= 0.3 is 6.09 Å². The van der Waals surface area contributed by atoms with E-state index in [4.69, 9.17) is 4.74 Å². The van der Waals surface area contributed by atoms with E-state index >= 15 is 0 Å². The lowest BCUT2D eigenvalue weighted by Gasteiger charge is -2.20. The second-order valence-corrected chi connectivity index (χ2v) is 7.40. The standard InChI is InChI=1S/C15H24N2O2S/c1-9-6-7-20-13(9)10(2)16-11-8-12(11)17-14(18)19-15(3,4)5/h6-7,10-12,16H,8H2,1-5H3,(H,17,18). The fourth-order valence-corrected chi connectivity index (χ4v) is 3.17. The normalized spacial score (nSPS) is 23.2. The Morgan fingerprint density at radius 3 is 2.70 bits per heavy atom. The second-order valence-electron chi connectivity index (χ2n) is 6.45. The van der Waals surface area contributed by atoms with Gasteiger partial charge in [0.1, 0.15) is 5.60 Å². The number of hydrogen-bond donors (Lipinski definition) is 2. The first kappa shape index (κ1) is 15.3. The number of rotatable bonds is 4. The van der Waals surface area contributed by atoms with Crippen molar-refractivity contribution in [2.75, 3.05) is 0 Å². The average Bonchev–Trinajstić information content (AvgIpc) is 2.84. The summed E-state index contributed by atoms with van der Waals surface area (Å²) in [6, 6.07) is 3.00. The first-order chi connectivity index (χ1) is 9.26. The highest BCUT2D eigenvalue weighted by Crippen LogP contribution is 2.29. The smallest absolute Gasteiger partial charge is 0.407 e. The number of aryl methyl sites for hydroxylation is 1. The van der Waals surface area contributed by atoms with Crippen LogP contribution < -0.4 is 10.6 Å². The van der Waals surface area contributed by atoms with Crippen LogP contribution >= 0.6 is 11.3 Å². The molecule has 0 saturated heterocycles. The lowest BCUT2D eigenvalue weighted by Crippen LogP contribution is -2.37. The van der Waals surface area contributed by atoms with E-state index in [0.29, 0.717) is 12.1 Å². The predicted molar refractivity (Wildman–Crippen MR) is 82.2 cm³/mol. The van der Waals surface area contributed by atoms with Crippen LogP contribution in [0.15, 0.2) is 11.4 Å². The Morgan fingerprint density at radius 1 is 1.45 bits per heavy atom. The van der Waals surface area contributed by atoms with Crippen molar-refractivity contribution >= 4 is 17.4 Å². The summed E-state index contributed by atoms with van der Waals surface area (Å²) in [5.74, 6) is 0. The molecule has 5 heteroatoms. The van der Waals surface area contributed by atoms with Crippen LogP contribution in [-0.4, -0.2) is 23.8 Å². The molecule has 0 radical (unpaired) electrons. The topological polar surface area (TPSA) is 50.4 Å². The molecule has 1 aromatic heterocycles. The highest BCUT2D eigenvalue weighted by Gasteiger charge is 2.40. The van der Waals surface area contributed by atoms with Crippen molar-refractivity contribution in [2.45, 2.75) is 64.8 Å². The Balaban J connectivity index is 1.76. The summed E-state index contributed by atoms with van der Waals surface area (Å²) in [5, 5.41) is 8.58. The van der Waals surface area contributed by atoms with Gasteiger partial charge in [-0.05, 0) is 58.0 Å². The van der Waals surface area contributed by atoms with Crippen LogP contribution in [0.2, 0.25) is 0 Å². The Morgan fingerprint density at radius 2 is 2.15 bits per heavy atom. The third kappa shape index (κ3) is 4.21. The van der Waals surface area contributed by atoms with E-state index in [9.17, 15) is 4.79 Å². The Hall–Kier alpha value is -1.07. The van der Waals surface area contributed by atoms with Gasteiger partial charge in [-0.1, -0.05) is 0 Å². The molecule has 1 saturated carbocycles. The number of amides is 1. The maximum absolute atomic E-state index is 11.7. The van der Waals surface area contributed by atoms with E-state index < -0.39 is 5.60 Å². The Kier molecular flexibility index (Phi) is 4.39. The number of thiophene rings is 1. The number of hydrogen-bond acceptors (Lipinski definition) is 4. The van der Waals surface area contributed by atoms with Gasteiger partial charge in [-0.2, -0.15) is 0 Å². The van der Waals surface area contributed by atoms with Gasteiger partial charge in [-0.15, -0.1) is 11.3 Å². The molecule has 3 unspecified atom stereocenters. The molecule has 0 aromatic carbocycles. The van der Waals surface area contributed by atoms with Crippen molar-refractivity contribution < 1.29 is 9.53 Å². The highest BCUT2D eigenvalue weighted by molar-refractivity contribution is 7.10. The fourth-order valence-electron chi connectivity index (χ4n) is 2.22. The zero-order chi connectivity index (χ0) is 14.9. The number of nitrogens with one attached hydrogen (secondary N) is 2. The van der Waals surface area contributed by atoms with E-state index in [2.05, 4.69) is 35.9 Å². The molecule has 1 aliphatic carbocycles. The summed E-state index contributed by atoms with van der Waals surface area (Å²) in [7, 11) is 0. The summed E-state index contributed by atoms with van der Waals surface area (Å²) < 4.78 is 5.26. The first-order valence-electron chi connectivity index (χ1n) is 7.06. The van der Waals surface area contributed by atoms with Gasteiger partial charge in [-0.3, -0.25) is 0 Å². The molecule has 0 bridgehead atoms. The SMILES string of the molecule is Cc1ccsc1C(C)NC1CC1NC(=O)OC(C)(C)C. The number of carbonyl (C=O) groups is 1. The van der Waals surface area contributed by atoms with E-state index in [1.165, 1.54) is 10.4 Å². The number of alkyl carbamates (subject to hydrolysis) is 1. The van der Waals surface area contributed by atoms with Gasteiger partial charge in [0.15, 0.2) is 0 Å². The Bertz CT molecular complexity index is 478. The largest absolute Gasteiger partial charge is 0.444 e.